The quantitative estimate of drug-likeness (QED) is 0.264. The van der Waals surface area contributed by atoms with Gasteiger partial charge >= 0.3 is 0 Å². The van der Waals surface area contributed by atoms with E-state index in [0.717, 1.165) is 38.4 Å². The van der Waals surface area contributed by atoms with E-state index in [4.69, 9.17) is 4.74 Å². The highest BCUT2D eigenvalue weighted by atomic mass is 32.2. The Kier molecular flexibility index (Phi) is 7.15. The first-order chi connectivity index (χ1) is 20.9. The van der Waals surface area contributed by atoms with Crippen molar-refractivity contribution in [3.8, 4) is 28.1 Å². The SMILES string of the molecule is O=S(=O)(Nc1cc(-c2ccccc2F)cc(-n2cnc3cc(-c4cn(CCN5CCOCC5)nn4)ccc32)c1F)C1CC1. The van der Waals surface area contributed by atoms with Crippen molar-refractivity contribution in [1.29, 1.82) is 0 Å². The molecule has 3 heterocycles. The van der Waals surface area contributed by atoms with E-state index in [1.165, 1.54) is 29.1 Å². The van der Waals surface area contributed by atoms with Crippen LogP contribution < -0.4 is 4.72 Å². The number of ether oxygens (including phenoxy) is 1. The zero-order valence-corrected chi connectivity index (χ0v) is 24.0. The van der Waals surface area contributed by atoms with E-state index in [1.807, 2.05) is 18.3 Å². The number of hydrogen-bond donors (Lipinski definition) is 1. The van der Waals surface area contributed by atoms with Crippen LogP contribution in [0.15, 0.2) is 67.1 Å². The number of aromatic nitrogens is 5. The molecule has 1 aliphatic heterocycles. The Labute approximate surface area is 247 Å². The molecule has 10 nitrogen and oxygen atoms in total. The smallest absolute Gasteiger partial charge is 0.235 e. The van der Waals surface area contributed by atoms with Crippen LogP contribution in [0.2, 0.25) is 0 Å². The van der Waals surface area contributed by atoms with Crippen LogP contribution in [0, 0.1) is 11.6 Å². The maximum Gasteiger partial charge on any atom is 0.235 e. The number of anilines is 1. The third-order valence-corrected chi connectivity index (χ3v) is 9.70. The van der Waals surface area contributed by atoms with E-state index < -0.39 is 26.9 Å². The molecule has 43 heavy (non-hydrogen) atoms. The summed E-state index contributed by atoms with van der Waals surface area (Å²) < 4.78 is 67.5. The van der Waals surface area contributed by atoms with Crippen molar-refractivity contribution in [3.63, 3.8) is 0 Å². The number of hydrogen-bond acceptors (Lipinski definition) is 7. The molecule has 0 unspecified atom stereocenters. The van der Waals surface area contributed by atoms with Crippen LogP contribution >= 0.6 is 0 Å². The van der Waals surface area contributed by atoms with Crippen LogP contribution in [0.4, 0.5) is 14.5 Å². The van der Waals surface area contributed by atoms with E-state index in [9.17, 15) is 12.8 Å². The number of halogens is 2. The predicted octanol–water partition coefficient (Wildman–Crippen LogP) is 4.47. The molecule has 3 aromatic carbocycles. The lowest BCUT2D eigenvalue weighted by Gasteiger charge is -2.26. The van der Waals surface area contributed by atoms with Gasteiger partial charge in [0.25, 0.3) is 0 Å². The molecule has 0 amide bonds. The van der Waals surface area contributed by atoms with E-state index in [0.29, 0.717) is 41.7 Å². The van der Waals surface area contributed by atoms with Gasteiger partial charge in [0, 0.05) is 30.8 Å². The first-order valence-electron chi connectivity index (χ1n) is 14.1. The van der Waals surface area contributed by atoms with E-state index in [-0.39, 0.29) is 16.9 Å². The van der Waals surface area contributed by atoms with Crippen molar-refractivity contribution in [2.75, 3.05) is 37.6 Å². The van der Waals surface area contributed by atoms with Gasteiger partial charge in [0.2, 0.25) is 10.0 Å². The second kappa shape index (κ2) is 11.1. The molecule has 0 spiro atoms. The Balaban J connectivity index is 1.22. The van der Waals surface area contributed by atoms with Crippen molar-refractivity contribution in [2.24, 2.45) is 0 Å². The second-order valence-corrected chi connectivity index (χ2v) is 12.8. The summed E-state index contributed by atoms with van der Waals surface area (Å²) in [6, 6.07) is 14.4. The molecule has 5 aromatic rings. The molecule has 7 rings (SSSR count). The van der Waals surface area contributed by atoms with Gasteiger partial charge in [0.15, 0.2) is 5.82 Å². The largest absolute Gasteiger partial charge is 0.379 e. The fourth-order valence-electron chi connectivity index (χ4n) is 5.30. The summed E-state index contributed by atoms with van der Waals surface area (Å²) >= 11 is 0. The maximum absolute atomic E-state index is 16.0. The number of morpholine rings is 1. The van der Waals surface area contributed by atoms with Gasteiger partial charge in [-0.3, -0.25) is 18.9 Å². The van der Waals surface area contributed by atoms with Gasteiger partial charge in [-0.15, -0.1) is 5.10 Å². The number of fused-ring (bicyclic) bond motifs is 1. The molecule has 13 heteroatoms. The minimum Gasteiger partial charge on any atom is -0.379 e. The average Bonchev–Trinajstić information content (AvgIpc) is 3.65. The molecule has 0 atom stereocenters. The average molecular weight is 606 g/mol. The molecular weight excluding hydrogens is 576 g/mol. The molecule has 0 radical (unpaired) electrons. The van der Waals surface area contributed by atoms with E-state index >= 15 is 4.39 Å². The third-order valence-electron chi connectivity index (χ3n) is 7.84. The van der Waals surface area contributed by atoms with Crippen LogP contribution in [0.3, 0.4) is 0 Å². The highest BCUT2D eigenvalue weighted by Crippen LogP contribution is 2.36. The van der Waals surface area contributed by atoms with Crippen LogP contribution in [0.1, 0.15) is 12.8 Å². The van der Waals surface area contributed by atoms with Crippen molar-refractivity contribution in [3.05, 3.63) is 78.8 Å². The summed E-state index contributed by atoms with van der Waals surface area (Å²) in [5.74, 6) is -1.29. The summed E-state index contributed by atoms with van der Waals surface area (Å²) in [5.41, 5.74) is 3.00. The van der Waals surface area contributed by atoms with Gasteiger partial charge in [0.1, 0.15) is 17.8 Å². The minimum atomic E-state index is -3.78. The zero-order chi connectivity index (χ0) is 29.6. The van der Waals surface area contributed by atoms with Crippen molar-refractivity contribution < 1.29 is 21.9 Å². The molecular formula is C30H29F2N7O3S. The first kappa shape index (κ1) is 27.6. The second-order valence-electron chi connectivity index (χ2n) is 10.8. The zero-order valence-electron chi connectivity index (χ0n) is 23.2. The summed E-state index contributed by atoms with van der Waals surface area (Å²) in [7, 11) is -3.78. The summed E-state index contributed by atoms with van der Waals surface area (Å²) in [5, 5.41) is 8.04. The fraction of sp³-hybridized carbons (Fsp3) is 0.300. The van der Waals surface area contributed by atoms with E-state index in [1.54, 1.807) is 28.9 Å². The van der Waals surface area contributed by atoms with Crippen molar-refractivity contribution >= 4 is 26.7 Å². The topological polar surface area (TPSA) is 107 Å². The minimum absolute atomic E-state index is 0.0403. The Morgan fingerprint density at radius 2 is 1.79 bits per heavy atom. The van der Waals surface area contributed by atoms with E-state index in [2.05, 4.69) is 24.9 Å². The molecule has 1 saturated carbocycles. The lowest BCUT2D eigenvalue weighted by Crippen LogP contribution is -2.38. The molecule has 0 bridgehead atoms. The Morgan fingerprint density at radius 3 is 2.58 bits per heavy atom. The predicted molar refractivity (Wildman–Crippen MR) is 158 cm³/mol. The number of rotatable bonds is 9. The third kappa shape index (κ3) is 5.63. The number of nitrogens with one attached hydrogen (secondary N) is 1. The van der Waals surface area contributed by atoms with Gasteiger partial charge in [-0.1, -0.05) is 29.5 Å². The Bertz CT molecular complexity index is 1910. The monoisotopic (exact) mass is 605 g/mol. The first-order valence-corrected chi connectivity index (χ1v) is 15.7. The number of imidazole rings is 1. The molecule has 2 aliphatic rings. The fourth-order valence-corrected chi connectivity index (χ4v) is 6.68. The van der Waals surface area contributed by atoms with Gasteiger partial charge in [-0.2, -0.15) is 0 Å². The normalized spacial score (nSPS) is 16.1. The van der Waals surface area contributed by atoms with Crippen LogP contribution in [-0.4, -0.2) is 76.0 Å². The van der Waals surface area contributed by atoms with Crippen LogP contribution in [0.5, 0.6) is 0 Å². The molecule has 1 N–H and O–H groups in total. The summed E-state index contributed by atoms with van der Waals surface area (Å²) in [4.78, 5) is 6.82. The van der Waals surface area contributed by atoms with Crippen LogP contribution in [0.25, 0.3) is 39.1 Å². The lowest BCUT2D eigenvalue weighted by molar-refractivity contribution is 0.0359. The van der Waals surface area contributed by atoms with Crippen LogP contribution in [-0.2, 0) is 21.3 Å². The standard InChI is InChI=1S/C30H29F2N7O3S/c31-24-4-2-1-3-23(24)21-16-26(35-43(40,41)22-6-7-22)30(32)29(17-21)39-19-33-25-15-20(5-8-28(25)39)27-18-38(36-34-27)10-9-37-11-13-42-14-12-37/h1-5,8,15-19,22,35H,6-7,9-14H2. The van der Waals surface area contributed by atoms with Gasteiger partial charge in [-0.25, -0.2) is 22.2 Å². The lowest BCUT2D eigenvalue weighted by atomic mass is 10.0. The molecule has 222 valence electrons. The molecule has 1 saturated heterocycles. The summed E-state index contributed by atoms with van der Waals surface area (Å²) in [6.07, 6.45) is 4.39. The van der Waals surface area contributed by atoms with Gasteiger partial charge in [-0.05, 0) is 48.7 Å². The highest BCUT2D eigenvalue weighted by Gasteiger charge is 2.36. The van der Waals surface area contributed by atoms with Gasteiger partial charge < -0.3 is 4.74 Å². The molecule has 1 aliphatic carbocycles. The van der Waals surface area contributed by atoms with Gasteiger partial charge in [0.05, 0.1) is 53.6 Å². The number of nitrogens with zero attached hydrogens (tertiary/aromatic N) is 6. The number of benzene rings is 3. The summed E-state index contributed by atoms with van der Waals surface area (Å²) in [6.45, 7) is 4.84. The molecule has 2 aromatic heterocycles. The number of sulfonamides is 1. The Hall–Kier alpha value is -4.20. The van der Waals surface area contributed by atoms with Crippen molar-refractivity contribution in [1.82, 2.24) is 29.4 Å². The maximum atomic E-state index is 16.0. The van der Waals surface area contributed by atoms with Crippen molar-refractivity contribution in [2.45, 2.75) is 24.6 Å². The Morgan fingerprint density at radius 1 is 0.977 bits per heavy atom. The molecule has 2 fully saturated rings. The highest BCUT2D eigenvalue weighted by molar-refractivity contribution is 7.93.